The van der Waals surface area contributed by atoms with E-state index in [9.17, 15) is 13.2 Å². The molecule has 0 aromatic carbocycles. The van der Waals surface area contributed by atoms with Crippen LogP contribution in [-0.4, -0.2) is 44.5 Å². The third-order valence-electron chi connectivity index (χ3n) is 1.97. The Labute approximate surface area is 89.7 Å². The van der Waals surface area contributed by atoms with Gasteiger partial charge in [0, 0.05) is 13.7 Å². The number of ether oxygens (including phenoxy) is 1. The molecule has 15 heavy (non-hydrogen) atoms. The smallest absolute Gasteiger partial charge is 0.321 e. The summed E-state index contributed by atoms with van der Waals surface area (Å²) < 4.78 is 29.9. The highest BCUT2D eigenvalue weighted by Crippen LogP contribution is 2.04. The average Bonchev–Trinajstić information content (AvgIpc) is 2.13. The van der Waals surface area contributed by atoms with E-state index in [4.69, 9.17) is 9.84 Å². The van der Waals surface area contributed by atoms with Gasteiger partial charge in [0.2, 0.25) is 10.0 Å². The molecular formula is C8H17NO5S. The molecule has 7 heteroatoms. The second-order valence-electron chi connectivity index (χ2n) is 3.31. The fourth-order valence-electron chi connectivity index (χ4n) is 0.852. The number of methoxy groups -OCH3 is 1. The van der Waals surface area contributed by atoms with Gasteiger partial charge in [-0.3, -0.25) is 4.79 Å². The molecule has 2 N–H and O–H groups in total. The van der Waals surface area contributed by atoms with Gasteiger partial charge in [-0.2, -0.15) is 0 Å². The predicted molar refractivity (Wildman–Crippen MR) is 55.1 cm³/mol. The highest BCUT2D eigenvalue weighted by molar-refractivity contribution is 7.90. The van der Waals surface area contributed by atoms with Gasteiger partial charge >= 0.3 is 5.97 Å². The van der Waals surface area contributed by atoms with Gasteiger partial charge in [-0.25, -0.2) is 13.1 Å². The predicted octanol–water partition coefficient (Wildman–Crippen LogP) is -0.196. The maximum Gasteiger partial charge on any atom is 0.321 e. The molecule has 90 valence electrons. The van der Waals surface area contributed by atoms with Gasteiger partial charge in [0.1, 0.15) is 6.04 Å². The number of sulfonamides is 1. The molecule has 0 spiro atoms. The van der Waals surface area contributed by atoms with Gasteiger partial charge in [0.15, 0.2) is 0 Å². The average molecular weight is 239 g/mol. The van der Waals surface area contributed by atoms with Gasteiger partial charge in [0.25, 0.3) is 0 Å². The Morgan fingerprint density at radius 3 is 2.40 bits per heavy atom. The summed E-state index contributed by atoms with van der Waals surface area (Å²) in [6.45, 7) is 3.11. The van der Waals surface area contributed by atoms with Crippen LogP contribution < -0.4 is 4.72 Å². The summed E-state index contributed by atoms with van der Waals surface area (Å²) in [4.78, 5) is 10.5. The molecule has 0 radical (unpaired) electrons. The maximum absolute atomic E-state index is 11.5. The number of carboxylic acids is 1. The van der Waals surface area contributed by atoms with Crippen molar-refractivity contribution in [2.75, 3.05) is 13.7 Å². The van der Waals surface area contributed by atoms with Crippen LogP contribution >= 0.6 is 0 Å². The van der Waals surface area contributed by atoms with Crippen molar-refractivity contribution >= 4 is 16.0 Å². The van der Waals surface area contributed by atoms with Gasteiger partial charge in [0.05, 0.1) is 5.25 Å². The Kier molecular flexibility index (Phi) is 5.77. The molecule has 0 aromatic heterocycles. The first-order chi connectivity index (χ1) is 6.81. The lowest BCUT2D eigenvalue weighted by molar-refractivity contribution is -0.138. The number of carboxylic acid groups (broad SMARTS) is 1. The van der Waals surface area contributed by atoms with Gasteiger partial charge < -0.3 is 9.84 Å². The monoisotopic (exact) mass is 239 g/mol. The Balaban J connectivity index is 4.35. The number of aliphatic carboxylic acids is 1. The van der Waals surface area contributed by atoms with E-state index in [1.54, 1.807) is 0 Å². The third-order valence-corrected chi connectivity index (χ3v) is 3.95. The zero-order chi connectivity index (χ0) is 12.1. The molecule has 0 fully saturated rings. The van der Waals surface area contributed by atoms with Gasteiger partial charge in [-0.1, -0.05) is 0 Å². The molecule has 0 saturated carbocycles. The molecule has 0 aliphatic carbocycles. The van der Waals surface area contributed by atoms with E-state index in [-0.39, 0.29) is 0 Å². The minimum absolute atomic E-state index is 0.323. The van der Waals surface area contributed by atoms with Crippen LogP contribution in [0.3, 0.4) is 0 Å². The van der Waals surface area contributed by atoms with Crippen LogP contribution in [0.5, 0.6) is 0 Å². The lowest BCUT2D eigenvalue weighted by Crippen LogP contribution is -2.42. The lowest BCUT2D eigenvalue weighted by atomic mass is 10.3. The van der Waals surface area contributed by atoms with Crippen molar-refractivity contribution < 1.29 is 23.1 Å². The molecule has 0 aromatic rings. The van der Waals surface area contributed by atoms with Crippen LogP contribution in [-0.2, 0) is 19.6 Å². The summed E-state index contributed by atoms with van der Waals surface area (Å²) in [5.41, 5.74) is 0. The SMILES string of the molecule is COCCC(C)S(=O)(=O)N[C@H](C)C(=O)O. The van der Waals surface area contributed by atoms with Crippen molar-refractivity contribution in [1.82, 2.24) is 4.72 Å². The molecule has 0 aliphatic rings. The highest BCUT2D eigenvalue weighted by Gasteiger charge is 2.25. The molecule has 0 bridgehead atoms. The molecule has 1 unspecified atom stereocenters. The molecule has 0 heterocycles. The van der Waals surface area contributed by atoms with Crippen LogP contribution in [0.2, 0.25) is 0 Å². The fraction of sp³-hybridized carbons (Fsp3) is 0.875. The van der Waals surface area contributed by atoms with E-state index in [0.29, 0.717) is 13.0 Å². The van der Waals surface area contributed by atoms with Crippen molar-refractivity contribution in [3.8, 4) is 0 Å². The number of rotatable bonds is 7. The van der Waals surface area contributed by atoms with E-state index in [1.807, 2.05) is 0 Å². The van der Waals surface area contributed by atoms with E-state index >= 15 is 0 Å². The second kappa shape index (κ2) is 6.04. The van der Waals surface area contributed by atoms with Gasteiger partial charge in [-0.15, -0.1) is 0 Å². The lowest BCUT2D eigenvalue weighted by Gasteiger charge is -2.15. The molecule has 6 nitrogen and oxygen atoms in total. The van der Waals surface area contributed by atoms with Crippen LogP contribution in [0.4, 0.5) is 0 Å². The number of nitrogens with one attached hydrogen (secondary N) is 1. The Morgan fingerprint density at radius 2 is 2.00 bits per heavy atom. The second-order valence-corrected chi connectivity index (χ2v) is 5.45. The highest BCUT2D eigenvalue weighted by atomic mass is 32.2. The summed E-state index contributed by atoms with van der Waals surface area (Å²) in [5.74, 6) is -1.20. The Hall–Kier alpha value is -0.660. The van der Waals surface area contributed by atoms with Gasteiger partial charge in [-0.05, 0) is 20.3 Å². The van der Waals surface area contributed by atoms with Crippen molar-refractivity contribution in [3.63, 3.8) is 0 Å². The standard InChI is InChI=1S/C8H17NO5S/c1-6(4-5-14-3)15(12,13)9-7(2)8(10)11/h6-7,9H,4-5H2,1-3H3,(H,10,11)/t6?,7-/m1/s1. The van der Waals surface area contributed by atoms with E-state index < -0.39 is 27.3 Å². The first kappa shape index (κ1) is 14.3. The number of carbonyl (C=O) groups is 1. The largest absolute Gasteiger partial charge is 0.480 e. The zero-order valence-corrected chi connectivity index (χ0v) is 9.87. The first-order valence-electron chi connectivity index (χ1n) is 4.54. The molecule has 0 aliphatic heterocycles. The summed E-state index contributed by atoms with van der Waals surface area (Å²) in [6.07, 6.45) is 0.332. The van der Waals surface area contributed by atoms with Crippen molar-refractivity contribution in [1.29, 1.82) is 0 Å². The molecule has 0 amide bonds. The minimum Gasteiger partial charge on any atom is -0.480 e. The van der Waals surface area contributed by atoms with Crippen LogP contribution in [0.15, 0.2) is 0 Å². The molecule has 2 atom stereocenters. The Morgan fingerprint density at radius 1 is 1.47 bits per heavy atom. The van der Waals surface area contributed by atoms with Crippen LogP contribution in [0.1, 0.15) is 20.3 Å². The van der Waals surface area contributed by atoms with Crippen LogP contribution in [0.25, 0.3) is 0 Å². The summed E-state index contributed by atoms with van der Waals surface area (Å²) in [5, 5.41) is 7.88. The number of hydrogen-bond acceptors (Lipinski definition) is 4. The normalized spacial score (nSPS) is 15.9. The first-order valence-corrected chi connectivity index (χ1v) is 6.08. The topological polar surface area (TPSA) is 92.7 Å². The minimum atomic E-state index is -3.59. The quantitative estimate of drug-likeness (QED) is 0.642. The van der Waals surface area contributed by atoms with Crippen molar-refractivity contribution in [2.24, 2.45) is 0 Å². The molecular weight excluding hydrogens is 222 g/mol. The summed E-state index contributed by atoms with van der Waals surface area (Å²) in [7, 11) is -2.11. The zero-order valence-electron chi connectivity index (χ0n) is 9.06. The van der Waals surface area contributed by atoms with Crippen molar-refractivity contribution in [2.45, 2.75) is 31.6 Å². The summed E-state index contributed by atoms with van der Waals surface area (Å²) >= 11 is 0. The van der Waals surface area contributed by atoms with Crippen molar-refractivity contribution in [3.05, 3.63) is 0 Å². The molecule has 0 saturated heterocycles. The maximum atomic E-state index is 11.5. The fourth-order valence-corrected chi connectivity index (χ4v) is 2.08. The van der Waals surface area contributed by atoms with Crippen LogP contribution in [0, 0.1) is 0 Å². The Bertz CT molecular complexity index is 300. The van der Waals surface area contributed by atoms with E-state index in [2.05, 4.69) is 4.72 Å². The van der Waals surface area contributed by atoms with E-state index in [1.165, 1.54) is 21.0 Å². The number of hydrogen-bond donors (Lipinski definition) is 2. The summed E-state index contributed by atoms with van der Waals surface area (Å²) in [6, 6.07) is -1.11. The molecule has 0 rings (SSSR count). The third kappa shape index (κ3) is 5.10. The van der Waals surface area contributed by atoms with E-state index in [0.717, 1.165) is 0 Å².